The number of nitrogens with one attached hydrogen (secondary N) is 2. The lowest BCUT2D eigenvalue weighted by atomic mass is 9.82. The van der Waals surface area contributed by atoms with Crippen LogP contribution < -0.4 is 5.32 Å². The molecule has 2 saturated carbocycles. The lowest BCUT2D eigenvalue weighted by Gasteiger charge is -2.38. The predicted octanol–water partition coefficient (Wildman–Crippen LogP) is 4.19. The Hall–Kier alpha value is -3.23. The average Bonchev–Trinajstić information content (AvgIpc) is 3.29. The highest BCUT2D eigenvalue weighted by atomic mass is 19.1. The van der Waals surface area contributed by atoms with Crippen molar-refractivity contribution in [3.8, 4) is 0 Å². The van der Waals surface area contributed by atoms with Crippen LogP contribution in [-0.4, -0.2) is 57.2 Å². The molecule has 1 atom stereocenters. The lowest BCUT2D eigenvalue weighted by molar-refractivity contribution is -0.143. The maximum absolute atomic E-state index is 13.9. The zero-order chi connectivity index (χ0) is 25.7. The fraction of sp³-hybridized carbons (Fsp3) is 0.556. The molecular weight excluding hydrogens is 465 g/mol. The van der Waals surface area contributed by atoms with Gasteiger partial charge in [-0.3, -0.25) is 19.2 Å². The molecule has 4 rings (SSSR count). The number of carbonyl (C=O) groups is 4. The first-order chi connectivity index (χ1) is 17.3. The maximum atomic E-state index is 13.9. The van der Waals surface area contributed by atoms with E-state index in [0.717, 1.165) is 64.2 Å². The van der Waals surface area contributed by atoms with Crippen LogP contribution in [0.5, 0.6) is 0 Å². The second-order valence-corrected chi connectivity index (χ2v) is 10.1. The third kappa shape index (κ3) is 5.94. The molecule has 0 spiro atoms. The number of carboxylic acids is 1. The molecule has 36 heavy (non-hydrogen) atoms. The van der Waals surface area contributed by atoms with Gasteiger partial charge in [0.25, 0.3) is 11.7 Å². The van der Waals surface area contributed by atoms with Crippen molar-refractivity contribution in [1.82, 2.24) is 15.2 Å². The molecule has 0 aliphatic heterocycles. The van der Waals surface area contributed by atoms with Crippen LogP contribution in [0.15, 0.2) is 24.4 Å². The van der Waals surface area contributed by atoms with Crippen molar-refractivity contribution < 1.29 is 28.7 Å². The Labute approximate surface area is 209 Å². The maximum Gasteiger partial charge on any atom is 0.305 e. The average molecular weight is 500 g/mol. The number of halogens is 1. The monoisotopic (exact) mass is 499 g/mol. The second-order valence-electron chi connectivity index (χ2n) is 10.1. The second kappa shape index (κ2) is 11.7. The van der Waals surface area contributed by atoms with Crippen molar-refractivity contribution in [3.63, 3.8) is 0 Å². The fourth-order valence-electron chi connectivity index (χ4n) is 5.70. The number of rotatable bonds is 9. The lowest BCUT2D eigenvalue weighted by Crippen LogP contribution is -2.57. The van der Waals surface area contributed by atoms with Crippen molar-refractivity contribution in [2.75, 3.05) is 6.54 Å². The number of nitrogens with zero attached hydrogens (tertiary/aromatic N) is 1. The van der Waals surface area contributed by atoms with Gasteiger partial charge in [0.15, 0.2) is 0 Å². The summed E-state index contributed by atoms with van der Waals surface area (Å²) in [6.07, 6.45) is 10.2. The van der Waals surface area contributed by atoms with Gasteiger partial charge in [-0.2, -0.15) is 0 Å². The van der Waals surface area contributed by atoms with Crippen LogP contribution in [0, 0.1) is 11.7 Å². The summed E-state index contributed by atoms with van der Waals surface area (Å²) in [5.41, 5.74) is 0.508. The molecule has 2 fully saturated rings. The van der Waals surface area contributed by atoms with Crippen LogP contribution in [0.1, 0.15) is 81.0 Å². The summed E-state index contributed by atoms with van der Waals surface area (Å²) in [4.78, 5) is 56.2. The number of aliphatic carboxylic acids is 1. The molecule has 2 aliphatic rings. The van der Waals surface area contributed by atoms with Gasteiger partial charge in [-0.15, -0.1) is 0 Å². The number of amides is 2. The molecular formula is C27H34FN3O5. The number of benzene rings is 1. The Bertz CT molecular complexity index is 1120. The number of hydrogen-bond donors (Lipinski definition) is 3. The number of fused-ring (bicyclic) bond motifs is 1. The highest BCUT2D eigenvalue weighted by Gasteiger charge is 2.40. The Balaban J connectivity index is 1.66. The summed E-state index contributed by atoms with van der Waals surface area (Å²) in [5, 5.41) is 12.7. The molecule has 1 unspecified atom stereocenters. The van der Waals surface area contributed by atoms with Gasteiger partial charge in [-0.25, -0.2) is 4.39 Å². The van der Waals surface area contributed by atoms with E-state index in [1.165, 1.54) is 29.3 Å². The van der Waals surface area contributed by atoms with Gasteiger partial charge >= 0.3 is 5.97 Å². The third-order valence-electron chi connectivity index (χ3n) is 7.56. The summed E-state index contributed by atoms with van der Waals surface area (Å²) in [7, 11) is 0. The van der Waals surface area contributed by atoms with E-state index < -0.39 is 29.5 Å². The van der Waals surface area contributed by atoms with Crippen molar-refractivity contribution in [2.45, 2.75) is 82.7 Å². The number of aromatic amines is 1. The Morgan fingerprint density at radius 2 is 1.69 bits per heavy atom. The number of carboxylic acid groups (broad SMARTS) is 1. The van der Waals surface area contributed by atoms with Gasteiger partial charge < -0.3 is 20.3 Å². The van der Waals surface area contributed by atoms with Crippen LogP contribution in [-0.2, 0) is 14.4 Å². The highest BCUT2D eigenvalue weighted by molar-refractivity contribution is 6.45. The summed E-state index contributed by atoms with van der Waals surface area (Å²) in [6.45, 7) is -0.254. The Morgan fingerprint density at radius 1 is 1.03 bits per heavy atom. The number of Topliss-reactive ketones (excluding diaryl/α,β-unsaturated/α-hetero) is 1. The SMILES string of the molecule is O=C(O)CCN(C(=O)C(=O)c1c[nH]c2ccc(F)cc12)C(C(=O)NC1CCCCC1)C1CCCCC1. The van der Waals surface area contributed by atoms with Crippen LogP contribution in [0.3, 0.4) is 0 Å². The van der Waals surface area contributed by atoms with E-state index in [2.05, 4.69) is 10.3 Å². The molecule has 2 aliphatic carbocycles. The first-order valence-corrected chi connectivity index (χ1v) is 13.0. The Morgan fingerprint density at radius 3 is 2.36 bits per heavy atom. The molecule has 1 heterocycles. The molecule has 9 heteroatoms. The first kappa shape index (κ1) is 25.9. The molecule has 3 N–H and O–H groups in total. The van der Waals surface area contributed by atoms with Gasteiger partial charge in [0.2, 0.25) is 5.91 Å². The summed E-state index contributed by atoms with van der Waals surface area (Å²) in [5.74, 6) is -3.96. The summed E-state index contributed by atoms with van der Waals surface area (Å²) >= 11 is 0. The number of H-pyrrole nitrogens is 1. The minimum absolute atomic E-state index is 0.00454. The van der Waals surface area contributed by atoms with Gasteiger partial charge in [0.1, 0.15) is 11.9 Å². The van der Waals surface area contributed by atoms with Gasteiger partial charge in [-0.05, 0) is 49.8 Å². The Kier molecular flexibility index (Phi) is 8.38. The van der Waals surface area contributed by atoms with Crippen molar-refractivity contribution in [1.29, 1.82) is 0 Å². The molecule has 2 aromatic rings. The molecule has 1 aromatic heterocycles. The first-order valence-electron chi connectivity index (χ1n) is 13.0. The van der Waals surface area contributed by atoms with E-state index in [1.54, 1.807) is 0 Å². The number of hydrogen-bond acceptors (Lipinski definition) is 4. The highest BCUT2D eigenvalue weighted by Crippen LogP contribution is 2.31. The fourth-order valence-corrected chi connectivity index (χ4v) is 5.70. The molecule has 1 aromatic carbocycles. The zero-order valence-corrected chi connectivity index (χ0v) is 20.4. The predicted molar refractivity (Wildman–Crippen MR) is 132 cm³/mol. The quantitative estimate of drug-likeness (QED) is 0.353. The molecule has 0 bridgehead atoms. The van der Waals surface area contributed by atoms with E-state index in [0.29, 0.717) is 5.52 Å². The smallest absolute Gasteiger partial charge is 0.305 e. The zero-order valence-electron chi connectivity index (χ0n) is 20.4. The minimum atomic E-state index is -1.12. The van der Waals surface area contributed by atoms with Crippen LogP contribution in [0.2, 0.25) is 0 Å². The molecule has 2 amide bonds. The third-order valence-corrected chi connectivity index (χ3v) is 7.56. The number of ketones is 1. The van der Waals surface area contributed by atoms with Crippen LogP contribution in [0.4, 0.5) is 4.39 Å². The molecule has 0 saturated heterocycles. The van der Waals surface area contributed by atoms with E-state index in [1.807, 2.05) is 0 Å². The van der Waals surface area contributed by atoms with E-state index in [4.69, 9.17) is 0 Å². The normalized spacial score (nSPS) is 18.0. The largest absolute Gasteiger partial charge is 0.481 e. The molecule has 0 radical (unpaired) electrons. The van der Waals surface area contributed by atoms with Crippen molar-refractivity contribution in [3.05, 3.63) is 35.8 Å². The topological polar surface area (TPSA) is 120 Å². The van der Waals surface area contributed by atoms with E-state index in [9.17, 15) is 28.7 Å². The van der Waals surface area contributed by atoms with E-state index >= 15 is 0 Å². The van der Waals surface area contributed by atoms with Crippen molar-refractivity contribution >= 4 is 34.5 Å². The minimum Gasteiger partial charge on any atom is -0.481 e. The summed E-state index contributed by atoms with van der Waals surface area (Å²) < 4.78 is 13.9. The molecule has 8 nitrogen and oxygen atoms in total. The van der Waals surface area contributed by atoms with Gasteiger partial charge in [0, 0.05) is 29.7 Å². The molecule has 194 valence electrons. The van der Waals surface area contributed by atoms with Gasteiger partial charge in [0.05, 0.1) is 12.0 Å². The van der Waals surface area contributed by atoms with Crippen LogP contribution in [0.25, 0.3) is 10.9 Å². The summed E-state index contributed by atoms with van der Waals surface area (Å²) in [6, 6.07) is 3.01. The van der Waals surface area contributed by atoms with Crippen molar-refractivity contribution in [2.24, 2.45) is 5.92 Å². The standard InChI is InChI=1S/C27H34FN3O5/c28-18-11-12-22-20(15-18)21(16-29-22)25(34)27(36)31(14-13-23(32)33)24(17-7-3-1-4-8-17)26(35)30-19-9-5-2-6-10-19/h11-12,15-17,19,24,29H,1-10,13-14H2,(H,30,35)(H,32,33). The number of aromatic nitrogens is 1. The number of carbonyl (C=O) groups excluding carboxylic acids is 3. The van der Waals surface area contributed by atoms with Gasteiger partial charge in [-0.1, -0.05) is 38.5 Å². The van der Waals surface area contributed by atoms with Crippen LogP contribution >= 0.6 is 0 Å². The van der Waals surface area contributed by atoms with E-state index in [-0.39, 0.29) is 41.8 Å².